The van der Waals surface area contributed by atoms with Crippen LogP contribution in [0.4, 0.5) is 0 Å². The molecule has 18 heavy (non-hydrogen) atoms. The largest absolute Gasteiger partial charge is 0.872 e. The number of hydrogen-bond acceptors (Lipinski definition) is 2. The molecule has 0 heterocycles. The third-order valence-electron chi connectivity index (χ3n) is 3.23. The first-order valence-electron chi connectivity index (χ1n) is 6.10. The summed E-state index contributed by atoms with van der Waals surface area (Å²) in [6.07, 6.45) is 0.757. The summed E-state index contributed by atoms with van der Waals surface area (Å²) in [6, 6.07) is 15.2. The highest BCUT2D eigenvalue weighted by Crippen LogP contribution is 2.27. The molecule has 2 aromatic carbocycles. The lowest BCUT2D eigenvalue weighted by Crippen LogP contribution is -2.36. The second kappa shape index (κ2) is 4.83. The van der Waals surface area contributed by atoms with Crippen LogP contribution in [0.25, 0.3) is 0 Å². The van der Waals surface area contributed by atoms with E-state index in [-0.39, 0.29) is 5.75 Å². The van der Waals surface area contributed by atoms with Gasteiger partial charge in [0.05, 0.1) is 0 Å². The highest BCUT2D eigenvalue weighted by molar-refractivity contribution is 5.38. The molecule has 2 aromatic rings. The van der Waals surface area contributed by atoms with Gasteiger partial charge in [-0.25, -0.2) is 0 Å². The molecule has 2 heteroatoms. The van der Waals surface area contributed by atoms with Gasteiger partial charge in [-0.05, 0) is 37.0 Å². The van der Waals surface area contributed by atoms with E-state index in [0.717, 1.165) is 17.5 Å². The van der Waals surface area contributed by atoms with Gasteiger partial charge in [0.15, 0.2) is 0 Å². The lowest BCUT2D eigenvalue weighted by molar-refractivity contribution is -0.268. The van der Waals surface area contributed by atoms with E-state index >= 15 is 0 Å². The normalized spacial score (nSPS) is 14.2. The summed E-state index contributed by atoms with van der Waals surface area (Å²) in [5.74, 6) is 0.0340. The maximum atomic E-state index is 11.3. The molecule has 0 spiro atoms. The summed E-state index contributed by atoms with van der Waals surface area (Å²) >= 11 is 0. The van der Waals surface area contributed by atoms with Gasteiger partial charge in [-0.1, -0.05) is 48.5 Å². The summed E-state index contributed by atoms with van der Waals surface area (Å²) in [5.41, 5.74) is 9.16. The van der Waals surface area contributed by atoms with Gasteiger partial charge in [-0.2, -0.15) is 0 Å². The highest BCUT2D eigenvalue weighted by Gasteiger charge is 2.23. The Hall–Kier alpha value is -1.80. The Bertz CT molecular complexity index is 532. The van der Waals surface area contributed by atoms with Crippen molar-refractivity contribution in [1.82, 2.24) is 0 Å². The molecule has 1 unspecified atom stereocenters. The predicted octanol–water partition coefficient (Wildman–Crippen LogP) is 2.49. The van der Waals surface area contributed by atoms with Crippen molar-refractivity contribution < 1.29 is 5.11 Å². The van der Waals surface area contributed by atoms with Crippen molar-refractivity contribution in [2.45, 2.75) is 25.8 Å². The Morgan fingerprint density at radius 3 is 2.39 bits per heavy atom. The van der Waals surface area contributed by atoms with Crippen LogP contribution in [0.2, 0.25) is 0 Å². The lowest BCUT2D eigenvalue weighted by atomic mass is 9.84. The first kappa shape index (κ1) is 12.7. The predicted molar refractivity (Wildman–Crippen MR) is 72.3 cm³/mol. The van der Waals surface area contributed by atoms with E-state index in [1.807, 2.05) is 38.1 Å². The summed E-state index contributed by atoms with van der Waals surface area (Å²) in [6.45, 7) is 3.94. The fourth-order valence-corrected chi connectivity index (χ4v) is 2.39. The molecular weight excluding hydrogens is 222 g/mol. The molecule has 0 aliphatic heterocycles. The second-order valence-electron chi connectivity index (χ2n) is 5.06. The van der Waals surface area contributed by atoms with Crippen molar-refractivity contribution in [3.63, 3.8) is 0 Å². The summed E-state index contributed by atoms with van der Waals surface area (Å²) in [5, 5.41) is 11.3. The number of benzene rings is 2. The highest BCUT2D eigenvalue weighted by atomic mass is 16.3. The van der Waals surface area contributed by atoms with Crippen LogP contribution in [0.1, 0.15) is 23.6 Å². The molecule has 94 valence electrons. The first-order valence-corrected chi connectivity index (χ1v) is 6.10. The maximum Gasteiger partial charge on any atom is 0.0424 e. The zero-order valence-electron chi connectivity index (χ0n) is 10.8. The van der Waals surface area contributed by atoms with E-state index in [2.05, 4.69) is 12.1 Å². The molecule has 1 atom stereocenters. The van der Waals surface area contributed by atoms with Crippen LogP contribution in [0.5, 0.6) is 5.75 Å². The molecule has 0 fully saturated rings. The zero-order chi connectivity index (χ0) is 13.2. The van der Waals surface area contributed by atoms with Gasteiger partial charge < -0.3 is 10.8 Å². The van der Waals surface area contributed by atoms with Crippen molar-refractivity contribution in [3.8, 4) is 5.75 Å². The van der Waals surface area contributed by atoms with Crippen molar-refractivity contribution in [2.75, 3.05) is 0 Å². The molecule has 2 N–H and O–H groups in total. The molecule has 0 saturated carbocycles. The minimum Gasteiger partial charge on any atom is -0.872 e. The van der Waals surface area contributed by atoms with Gasteiger partial charge in [-0.3, -0.25) is 0 Å². The Labute approximate surface area is 108 Å². The molecule has 0 radical (unpaired) electrons. The van der Waals surface area contributed by atoms with Gasteiger partial charge in [0.25, 0.3) is 0 Å². The minimum atomic E-state index is -0.459. The van der Waals surface area contributed by atoms with Crippen LogP contribution < -0.4 is 10.8 Å². The average Bonchev–Trinajstić information content (AvgIpc) is 2.29. The van der Waals surface area contributed by atoms with Crippen molar-refractivity contribution in [2.24, 2.45) is 5.73 Å². The molecule has 0 bridgehead atoms. The second-order valence-corrected chi connectivity index (χ2v) is 5.06. The molecule has 0 aliphatic rings. The number of hydrogen-bond donors (Lipinski definition) is 1. The zero-order valence-corrected chi connectivity index (χ0v) is 10.8. The SMILES string of the molecule is Cc1cc([O-])ccc1C(C)(N)Cc1ccccc1. The summed E-state index contributed by atoms with van der Waals surface area (Å²) in [7, 11) is 0. The van der Waals surface area contributed by atoms with Crippen molar-refractivity contribution >= 4 is 0 Å². The van der Waals surface area contributed by atoms with Crippen molar-refractivity contribution in [3.05, 3.63) is 65.2 Å². The fraction of sp³-hybridized carbons (Fsp3) is 0.250. The summed E-state index contributed by atoms with van der Waals surface area (Å²) < 4.78 is 0. The van der Waals surface area contributed by atoms with Crippen LogP contribution >= 0.6 is 0 Å². The standard InChI is InChI=1S/C16H19NO/c1-12-10-14(18)8-9-15(12)16(2,17)11-13-6-4-3-5-7-13/h3-10,18H,11,17H2,1-2H3/p-1. The summed E-state index contributed by atoms with van der Waals surface area (Å²) in [4.78, 5) is 0. The molecular formula is C16H18NO-. The molecule has 0 aromatic heterocycles. The van der Waals surface area contributed by atoms with Gasteiger partial charge in [-0.15, -0.1) is 5.75 Å². The Morgan fingerprint density at radius 1 is 1.11 bits per heavy atom. The minimum absolute atomic E-state index is 0.0340. The molecule has 2 rings (SSSR count). The van der Waals surface area contributed by atoms with E-state index in [4.69, 9.17) is 5.73 Å². The Kier molecular flexibility index (Phi) is 3.39. The van der Waals surface area contributed by atoms with Gasteiger partial charge in [0, 0.05) is 5.54 Å². The molecule has 0 saturated heterocycles. The topological polar surface area (TPSA) is 49.1 Å². The van der Waals surface area contributed by atoms with Crippen LogP contribution in [-0.2, 0) is 12.0 Å². The molecule has 2 nitrogen and oxygen atoms in total. The first-order chi connectivity index (χ1) is 8.49. The van der Waals surface area contributed by atoms with Crippen LogP contribution in [0, 0.1) is 6.92 Å². The van der Waals surface area contributed by atoms with E-state index in [9.17, 15) is 5.11 Å². The fourth-order valence-electron chi connectivity index (χ4n) is 2.39. The maximum absolute atomic E-state index is 11.3. The lowest BCUT2D eigenvalue weighted by Gasteiger charge is -2.28. The number of nitrogens with two attached hydrogens (primary N) is 1. The Balaban J connectivity index is 2.30. The van der Waals surface area contributed by atoms with Gasteiger partial charge in [0.2, 0.25) is 0 Å². The Morgan fingerprint density at radius 2 is 1.78 bits per heavy atom. The van der Waals surface area contributed by atoms with Gasteiger partial charge >= 0.3 is 0 Å². The molecule has 0 amide bonds. The number of rotatable bonds is 3. The molecule has 0 aliphatic carbocycles. The average molecular weight is 240 g/mol. The van der Waals surface area contributed by atoms with Crippen molar-refractivity contribution in [1.29, 1.82) is 0 Å². The van der Waals surface area contributed by atoms with E-state index in [0.29, 0.717) is 0 Å². The monoisotopic (exact) mass is 240 g/mol. The number of aryl methyl sites for hydroxylation is 1. The van der Waals surface area contributed by atoms with Gasteiger partial charge in [0.1, 0.15) is 0 Å². The third kappa shape index (κ3) is 2.71. The van der Waals surface area contributed by atoms with E-state index in [1.54, 1.807) is 12.1 Å². The van der Waals surface area contributed by atoms with E-state index < -0.39 is 5.54 Å². The quantitative estimate of drug-likeness (QED) is 0.896. The third-order valence-corrected chi connectivity index (χ3v) is 3.23. The van der Waals surface area contributed by atoms with Crippen LogP contribution in [0.15, 0.2) is 48.5 Å². The van der Waals surface area contributed by atoms with Crippen LogP contribution in [0.3, 0.4) is 0 Å². The smallest absolute Gasteiger partial charge is 0.0424 e. The van der Waals surface area contributed by atoms with Crippen LogP contribution in [-0.4, -0.2) is 0 Å². The van der Waals surface area contributed by atoms with E-state index in [1.165, 1.54) is 5.56 Å².